The van der Waals surface area contributed by atoms with Gasteiger partial charge in [0.15, 0.2) is 5.96 Å². The van der Waals surface area contributed by atoms with Gasteiger partial charge in [-0.15, -0.1) is 0 Å². The summed E-state index contributed by atoms with van der Waals surface area (Å²) < 4.78 is 0. The quantitative estimate of drug-likeness (QED) is 0.0664. The Morgan fingerprint density at radius 2 is 1.53 bits per heavy atom. The summed E-state index contributed by atoms with van der Waals surface area (Å²) in [6.45, 7) is 4.98. The Morgan fingerprint density at radius 3 is 2.03 bits per heavy atom. The Bertz CT molecular complexity index is 756. The molecule has 0 aromatic carbocycles. The lowest BCUT2D eigenvalue weighted by Gasteiger charge is -2.27. The number of nitrogens with zero attached hydrogens (tertiary/aromatic N) is 1. The zero-order valence-electron chi connectivity index (χ0n) is 19.7. The molecule has 0 aliphatic carbocycles. The molecule has 14 nitrogen and oxygen atoms in total. The van der Waals surface area contributed by atoms with Gasteiger partial charge < -0.3 is 43.4 Å². The molecule has 0 aromatic heterocycles. The van der Waals surface area contributed by atoms with Crippen molar-refractivity contribution in [2.75, 3.05) is 6.54 Å². The van der Waals surface area contributed by atoms with Crippen LogP contribution in [0.15, 0.2) is 4.99 Å². The van der Waals surface area contributed by atoms with Crippen molar-refractivity contribution in [3.05, 3.63) is 0 Å². The van der Waals surface area contributed by atoms with E-state index >= 15 is 0 Å². The summed E-state index contributed by atoms with van der Waals surface area (Å²) in [5, 5.41) is 25.2. The van der Waals surface area contributed by atoms with Crippen molar-refractivity contribution >= 4 is 35.6 Å². The molecule has 0 aliphatic heterocycles. The van der Waals surface area contributed by atoms with Crippen molar-refractivity contribution in [2.24, 2.45) is 28.1 Å². The Morgan fingerprint density at radius 1 is 0.912 bits per heavy atom. The summed E-state index contributed by atoms with van der Waals surface area (Å²) in [5.74, 6) is -4.93. The molecule has 0 bridgehead atoms. The molecule has 0 fully saturated rings. The van der Waals surface area contributed by atoms with Gasteiger partial charge in [-0.3, -0.25) is 29.0 Å². The van der Waals surface area contributed by atoms with Gasteiger partial charge in [-0.05, 0) is 32.1 Å². The lowest BCUT2D eigenvalue weighted by molar-refractivity contribution is -0.142. The highest BCUT2D eigenvalue weighted by molar-refractivity contribution is 5.94. The van der Waals surface area contributed by atoms with Crippen molar-refractivity contribution in [2.45, 2.75) is 77.0 Å². The second-order valence-electron chi connectivity index (χ2n) is 7.99. The van der Waals surface area contributed by atoms with Crippen LogP contribution in [-0.4, -0.2) is 76.5 Å². The van der Waals surface area contributed by atoms with Crippen molar-refractivity contribution in [1.29, 1.82) is 0 Å². The van der Waals surface area contributed by atoms with Crippen molar-refractivity contribution in [3.8, 4) is 0 Å². The highest BCUT2D eigenvalue weighted by Crippen LogP contribution is 2.10. The summed E-state index contributed by atoms with van der Waals surface area (Å²) in [7, 11) is 0. The molecule has 3 amide bonds. The molecule has 0 saturated carbocycles. The number of hydrogen-bond acceptors (Lipinski definition) is 7. The number of guanidine groups is 1. The highest BCUT2D eigenvalue weighted by atomic mass is 16.4. The van der Waals surface area contributed by atoms with Crippen LogP contribution in [0.25, 0.3) is 0 Å². The summed E-state index contributed by atoms with van der Waals surface area (Å²) in [5.41, 5.74) is 16.3. The van der Waals surface area contributed by atoms with Crippen LogP contribution in [-0.2, 0) is 24.0 Å². The monoisotopic (exact) mass is 487 g/mol. The lowest BCUT2D eigenvalue weighted by Crippen LogP contribution is -2.58. The van der Waals surface area contributed by atoms with Gasteiger partial charge in [-0.25, -0.2) is 0 Å². The normalized spacial score (nSPS) is 15.1. The van der Waals surface area contributed by atoms with E-state index in [2.05, 4.69) is 20.9 Å². The molecule has 0 rings (SSSR count). The second-order valence-corrected chi connectivity index (χ2v) is 7.99. The number of nitrogens with two attached hydrogens (primary N) is 3. The van der Waals surface area contributed by atoms with Gasteiger partial charge in [0.25, 0.3) is 0 Å². The zero-order chi connectivity index (χ0) is 26.4. The molecule has 0 spiro atoms. The number of amides is 3. The van der Waals surface area contributed by atoms with Crippen LogP contribution in [0.4, 0.5) is 0 Å². The van der Waals surface area contributed by atoms with E-state index < -0.39 is 53.8 Å². The van der Waals surface area contributed by atoms with Crippen LogP contribution < -0.4 is 33.2 Å². The molecule has 5 unspecified atom stereocenters. The van der Waals surface area contributed by atoms with E-state index in [1.165, 1.54) is 6.92 Å². The number of aliphatic carboxylic acids is 2. The van der Waals surface area contributed by atoms with Gasteiger partial charge in [-0.2, -0.15) is 0 Å². The zero-order valence-corrected chi connectivity index (χ0v) is 19.7. The number of carboxylic acid groups (broad SMARTS) is 2. The number of carbonyl (C=O) groups excluding carboxylic acids is 3. The summed E-state index contributed by atoms with van der Waals surface area (Å²) >= 11 is 0. The third-order valence-corrected chi connectivity index (χ3v) is 5.11. The van der Waals surface area contributed by atoms with Crippen LogP contribution >= 0.6 is 0 Å². The molecular formula is C20H37N7O7. The van der Waals surface area contributed by atoms with Gasteiger partial charge in [-0.1, -0.05) is 20.3 Å². The highest BCUT2D eigenvalue weighted by Gasteiger charge is 2.31. The molecule has 11 N–H and O–H groups in total. The third-order valence-electron chi connectivity index (χ3n) is 5.11. The average molecular weight is 488 g/mol. The minimum atomic E-state index is -1.23. The van der Waals surface area contributed by atoms with Gasteiger partial charge in [0.2, 0.25) is 17.7 Å². The van der Waals surface area contributed by atoms with Crippen LogP contribution in [0.5, 0.6) is 0 Å². The Hall–Kier alpha value is -3.42. The van der Waals surface area contributed by atoms with Gasteiger partial charge in [0.05, 0.1) is 6.04 Å². The topological polar surface area (TPSA) is 252 Å². The first-order chi connectivity index (χ1) is 15.8. The number of carboxylic acids is 2. The SMILES string of the molecule is CCC(C)C(NC(=O)C(CCCN=C(N)N)NC(=O)C(N)CCC(=O)O)C(=O)NC(C)C(=O)O. The van der Waals surface area contributed by atoms with Crippen LogP contribution in [0, 0.1) is 5.92 Å². The smallest absolute Gasteiger partial charge is 0.325 e. The van der Waals surface area contributed by atoms with E-state index in [0.29, 0.717) is 12.8 Å². The summed E-state index contributed by atoms with van der Waals surface area (Å²) in [6.07, 6.45) is 0.446. The maximum absolute atomic E-state index is 13.0. The van der Waals surface area contributed by atoms with E-state index in [0.717, 1.165) is 0 Å². The van der Waals surface area contributed by atoms with Gasteiger partial charge in [0.1, 0.15) is 18.1 Å². The minimum Gasteiger partial charge on any atom is -0.481 e. The number of carbonyl (C=O) groups is 5. The summed E-state index contributed by atoms with van der Waals surface area (Å²) in [6, 6.07) is -4.50. The Labute approximate surface area is 198 Å². The number of aliphatic imine (C=N–C) groups is 1. The van der Waals surface area contributed by atoms with Gasteiger partial charge >= 0.3 is 11.9 Å². The predicted molar refractivity (Wildman–Crippen MR) is 123 cm³/mol. The predicted octanol–water partition coefficient (Wildman–Crippen LogP) is -2.16. The van der Waals surface area contributed by atoms with E-state index in [9.17, 15) is 24.0 Å². The first-order valence-electron chi connectivity index (χ1n) is 11.0. The van der Waals surface area contributed by atoms with Crippen LogP contribution in [0.3, 0.4) is 0 Å². The number of nitrogens with one attached hydrogen (secondary N) is 3. The molecule has 0 aromatic rings. The Balaban J connectivity index is 5.50. The molecule has 0 heterocycles. The fourth-order valence-corrected chi connectivity index (χ4v) is 2.78. The van der Waals surface area contributed by atoms with E-state index in [4.69, 9.17) is 27.4 Å². The molecule has 0 saturated heterocycles. The van der Waals surface area contributed by atoms with Crippen molar-refractivity contribution < 1.29 is 34.2 Å². The number of hydrogen-bond donors (Lipinski definition) is 8. The molecule has 0 aliphatic rings. The molecule has 5 atom stereocenters. The largest absolute Gasteiger partial charge is 0.481 e. The van der Waals surface area contributed by atoms with E-state index in [1.54, 1.807) is 13.8 Å². The van der Waals surface area contributed by atoms with Crippen molar-refractivity contribution in [3.63, 3.8) is 0 Å². The fraction of sp³-hybridized carbons (Fsp3) is 0.700. The molecule has 0 radical (unpaired) electrons. The molecule has 14 heteroatoms. The second kappa shape index (κ2) is 15.4. The Kier molecular flexibility index (Phi) is 13.9. The van der Waals surface area contributed by atoms with Crippen LogP contribution in [0.2, 0.25) is 0 Å². The van der Waals surface area contributed by atoms with Gasteiger partial charge in [0, 0.05) is 13.0 Å². The minimum absolute atomic E-state index is 0.0976. The average Bonchev–Trinajstić information content (AvgIpc) is 2.76. The summed E-state index contributed by atoms with van der Waals surface area (Å²) in [4.78, 5) is 63.7. The molecule has 34 heavy (non-hydrogen) atoms. The molecule has 194 valence electrons. The standard InChI is InChI=1S/C20H37N7O7/c1-4-10(2)15(18(32)25-11(3)19(33)34)27-17(31)13(6-5-9-24-20(22)23)26-16(30)12(21)7-8-14(28)29/h10-13,15H,4-9,21H2,1-3H3,(H,25,32)(H,26,30)(H,27,31)(H,28,29)(H,33,34)(H4,22,23,24). The maximum Gasteiger partial charge on any atom is 0.325 e. The fourth-order valence-electron chi connectivity index (χ4n) is 2.78. The van der Waals surface area contributed by atoms with Crippen LogP contribution in [0.1, 0.15) is 52.9 Å². The maximum atomic E-state index is 13.0. The van der Waals surface area contributed by atoms with E-state index in [-0.39, 0.29) is 37.7 Å². The van der Waals surface area contributed by atoms with Crippen molar-refractivity contribution in [1.82, 2.24) is 16.0 Å². The number of rotatable bonds is 16. The lowest BCUT2D eigenvalue weighted by atomic mass is 9.97. The molecular weight excluding hydrogens is 450 g/mol. The third kappa shape index (κ3) is 12.0. The van der Waals surface area contributed by atoms with E-state index in [1.807, 2.05) is 0 Å². The first-order valence-corrected chi connectivity index (χ1v) is 11.0. The first kappa shape index (κ1) is 30.6.